The standard InChI is InChI=1S/C17H17N3O2/c1-12-15(11-14-9-10-16(22-14)19(2)3)17(21)20(18-12)13-7-5-4-6-8-13/h4-11H,1-3H3/b15-11+. The van der Waals surface area contributed by atoms with Crippen LogP contribution in [-0.4, -0.2) is 25.7 Å². The zero-order chi connectivity index (χ0) is 15.7. The maximum absolute atomic E-state index is 12.6. The van der Waals surface area contributed by atoms with Gasteiger partial charge in [-0.25, -0.2) is 0 Å². The van der Waals surface area contributed by atoms with Crippen LogP contribution in [0.4, 0.5) is 11.6 Å². The van der Waals surface area contributed by atoms with Crippen LogP contribution in [0.15, 0.2) is 57.6 Å². The minimum atomic E-state index is -0.147. The minimum Gasteiger partial charge on any atom is -0.441 e. The molecule has 22 heavy (non-hydrogen) atoms. The number of hydrazone groups is 1. The molecule has 0 radical (unpaired) electrons. The maximum Gasteiger partial charge on any atom is 0.280 e. The number of furan rings is 1. The second-order valence-electron chi connectivity index (χ2n) is 5.27. The summed E-state index contributed by atoms with van der Waals surface area (Å²) in [5, 5.41) is 5.75. The lowest BCUT2D eigenvalue weighted by molar-refractivity contribution is -0.114. The number of carbonyl (C=O) groups is 1. The zero-order valence-electron chi connectivity index (χ0n) is 12.8. The lowest BCUT2D eigenvalue weighted by atomic mass is 10.1. The van der Waals surface area contributed by atoms with Gasteiger partial charge in [-0.2, -0.15) is 10.1 Å². The van der Waals surface area contributed by atoms with Crippen molar-refractivity contribution in [3.05, 3.63) is 53.8 Å². The number of benzene rings is 1. The monoisotopic (exact) mass is 295 g/mol. The van der Waals surface area contributed by atoms with E-state index in [1.54, 1.807) is 6.08 Å². The Kier molecular flexibility index (Phi) is 3.55. The van der Waals surface area contributed by atoms with Gasteiger partial charge >= 0.3 is 0 Å². The summed E-state index contributed by atoms with van der Waals surface area (Å²) in [7, 11) is 3.81. The molecule has 0 atom stereocenters. The molecule has 0 spiro atoms. The summed E-state index contributed by atoms with van der Waals surface area (Å²) in [6.07, 6.45) is 1.73. The van der Waals surface area contributed by atoms with Gasteiger partial charge in [0.2, 0.25) is 0 Å². The highest BCUT2D eigenvalue weighted by Crippen LogP contribution is 2.26. The predicted octanol–water partition coefficient (Wildman–Crippen LogP) is 3.15. The summed E-state index contributed by atoms with van der Waals surface area (Å²) in [5.74, 6) is 1.23. The number of para-hydroxylation sites is 1. The first-order chi connectivity index (χ1) is 10.6. The Balaban J connectivity index is 1.91. The molecular weight excluding hydrogens is 278 g/mol. The highest BCUT2D eigenvalue weighted by Gasteiger charge is 2.28. The van der Waals surface area contributed by atoms with Gasteiger partial charge < -0.3 is 9.32 Å². The summed E-state index contributed by atoms with van der Waals surface area (Å²) in [6, 6.07) is 13.1. The number of carbonyl (C=O) groups excluding carboxylic acids is 1. The molecule has 3 rings (SSSR count). The molecule has 0 saturated heterocycles. The molecule has 0 aliphatic carbocycles. The van der Waals surface area contributed by atoms with Crippen LogP contribution in [0.3, 0.4) is 0 Å². The van der Waals surface area contributed by atoms with E-state index in [1.165, 1.54) is 5.01 Å². The number of hydrogen-bond acceptors (Lipinski definition) is 4. The van der Waals surface area contributed by atoms with E-state index in [-0.39, 0.29) is 5.91 Å². The number of rotatable bonds is 3. The summed E-state index contributed by atoms with van der Waals surface area (Å²) < 4.78 is 5.67. The molecule has 1 aromatic heterocycles. The number of anilines is 2. The van der Waals surface area contributed by atoms with Crippen molar-refractivity contribution in [2.45, 2.75) is 6.92 Å². The molecule has 1 aliphatic heterocycles. The number of nitrogens with zero attached hydrogens (tertiary/aromatic N) is 3. The molecule has 1 aromatic carbocycles. The Labute approximate surface area is 129 Å². The third kappa shape index (κ3) is 2.53. The first kappa shape index (κ1) is 14.1. The SMILES string of the molecule is CC1=NN(c2ccccc2)C(=O)/C1=C/c1ccc(N(C)C)o1. The van der Waals surface area contributed by atoms with E-state index >= 15 is 0 Å². The smallest absolute Gasteiger partial charge is 0.280 e. The van der Waals surface area contributed by atoms with E-state index in [9.17, 15) is 4.79 Å². The average Bonchev–Trinajstić information content (AvgIpc) is 3.09. The van der Waals surface area contributed by atoms with Crippen molar-refractivity contribution < 1.29 is 9.21 Å². The average molecular weight is 295 g/mol. The summed E-state index contributed by atoms with van der Waals surface area (Å²) >= 11 is 0. The van der Waals surface area contributed by atoms with Gasteiger partial charge in [0.1, 0.15) is 5.76 Å². The van der Waals surface area contributed by atoms with E-state index < -0.39 is 0 Å². The third-order valence-corrected chi connectivity index (χ3v) is 3.40. The van der Waals surface area contributed by atoms with Crippen LogP contribution in [0.5, 0.6) is 0 Å². The van der Waals surface area contributed by atoms with Crippen LogP contribution in [0.25, 0.3) is 6.08 Å². The second-order valence-corrected chi connectivity index (χ2v) is 5.27. The van der Waals surface area contributed by atoms with Crippen molar-refractivity contribution in [1.82, 2.24) is 0 Å². The van der Waals surface area contributed by atoms with Gasteiger partial charge in [0.05, 0.1) is 17.0 Å². The van der Waals surface area contributed by atoms with Crippen LogP contribution in [0.1, 0.15) is 12.7 Å². The van der Waals surface area contributed by atoms with Crippen molar-refractivity contribution in [3.63, 3.8) is 0 Å². The van der Waals surface area contributed by atoms with Crippen molar-refractivity contribution in [1.29, 1.82) is 0 Å². The van der Waals surface area contributed by atoms with Crippen LogP contribution in [-0.2, 0) is 4.79 Å². The van der Waals surface area contributed by atoms with E-state index in [4.69, 9.17) is 4.42 Å². The Morgan fingerprint density at radius 3 is 2.50 bits per heavy atom. The molecule has 2 aromatic rings. The van der Waals surface area contributed by atoms with E-state index in [1.807, 2.05) is 68.4 Å². The Bertz CT molecular complexity index is 757. The third-order valence-electron chi connectivity index (χ3n) is 3.40. The van der Waals surface area contributed by atoms with Crippen molar-refractivity contribution in [3.8, 4) is 0 Å². The van der Waals surface area contributed by atoms with Gasteiger partial charge in [-0.3, -0.25) is 4.79 Å². The highest BCUT2D eigenvalue weighted by molar-refractivity contribution is 6.32. The molecule has 112 valence electrons. The van der Waals surface area contributed by atoms with Crippen LogP contribution >= 0.6 is 0 Å². The topological polar surface area (TPSA) is 49.1 Å². The fourth-order valence-electron chi connectivity index (χ4n) is 2.23. The molecule has 1 amide bonds. The summed E-state index contributed by atoms with van der Waals surface area (Å²) in [4.78, 5) is 14.4. The first-order valence-electron chi connectivity index (χ1n) is 7.00. The lowest BCUT2D eigenvalue weighted by Crippen LogP contribution is -2.21. The Hall–Kier alpha value is -2.82. The fraction of sp³-hybridized carbons (Fsp3) is 0.176. The van der Waals surface area contributed by atoms with E-state index in [0.717, 1.165) is 11.6 Å². The minimum absolute atomic E-state index is 0.147. The summed E-state index contributed by atoms with van der Waals surface area (Å²) in [6.45, 7) is 1.82. The van der Waals surface area contributed by atoms with Gasteiger partial charge in [0.25, 0.3) is 5.91 Å². The molecule has 0 saturated carbocycles. The van der Waals surface area contributed by atoms with Gasteiger partial charge in [0.15, 0.2) is 5.88 Å². The normalized spacial score (nSPS) is 16.3. The molecule has 5 nitrogen and oxygen atoms in total. The van der Waals surface area contributed by atoms with Crippen molar-refractivity contribution in [2.75, 3.05) is 24.0 Å². The van der Waals surface area contributed by atoms with Gasteiger partial charge in [-0.1, -0.05) is 18.2 Å². The van der Waals surface area contributed by atoms with Gasteiger partial charge in [0, 0.05) is 20.2 Å². The molecular formula is C17H17N3O2. The number of amides is 1. The van der Waals surface area contributed by atoms with Crippen molar-refractivity contribution >= 4 is 29.3 Å². The largest absolute Gasteiger partial charge is 0.441 e. The molecule has 0 N–H and O–H groups in total. The summed E-state index contributed by atoms with van der Waals surface area (Å²) in [5.41, 5.74) is 1.98. The number of hydrogen-bond donors (Lipinski definition) is 0. The van der Waals surface area contributed by atoms with E-state index in [2.05, 4.69) is 5.10 Å². The van der Waals surface area contributed by atoms with E-state index in [0.29, 0.717) is 17.0 Å². The quantitative estimate of drug-likeness (QED) is 0.817. The zero-order valence-corrected chi connectivity index (χ0v) is 12.8. The molecule has 0 fully saturated rings. The van der Waals surface area contributed by atoms with Gasteiger partial charge in [-0.05, 0) is 31.2 Å². The fourth-order valence-corrected chi connectivity index (χ4v) is 2.23. The second kappa shape index (κ2) is 5.52. The Morgan fingerprint density at radius 1 is 1.14 bits per heavy atom. The first-order valence-corrected chi connectivity index (χ1v) is 7.00. The maximum atomic E-state index is 12.6. The molecule has 1 aliphatic rings. The van der Waals surface area contributed by atoms with Crippen molar-refractivity contribution in [2.24, 2.45) is 5.10 Å². The predicted molar refractivity (Wildman–Crippen MR) is 88.0 cm³/mol. The van der Waals surface area contributed by atoms with Crippen LogP contribution in [0, 0.1) is 0 Å². The molecule has 5 heteroatoms. The molecule has 0 bridgehead atoms. The van der Waals surface area contributed by atoms with Gasteiger partial charge in [-0.15, -0.1) is 0 Å². The van der Waals surface area contributed by atoms with Crippen LogP contribution in [0.2, 0.25) is 0 Å². The Morgan fingerprint density at radius 2 is 1.86 bits per heavy atom. The lowest BCUT2D eigenvalue weighted by Gasteiger charge is -2.10. The molecule has 0 unspecified atom stereocenters. The highest BCUT2D eigenvalue weighted by atomic mass is 16.4. The van der Waals surface area contributed by atoms with Crippen LogP contribution < -0.4 is 9.91 Å². The molecule has 2 heterocycles.